The molecular weight excluding hydrogens is 337 g/mol. The second-order valence-electron chi connectivity index (χ2n) is 5.20. The Hall–Kier alpha value is -2.04. The lowest BCUT2D eigenvalue weighted by Crippen LogP contribution is -2.28. The van der Waals surface area contributed by atoms with E-state index in [2.05, 4.69) is 0 Å². The zero-order valence-corrected chi connectivity index (χ0v) is 13.8. The number of carbonyl (C=O) groups excluding carboxylic acids is 2. The molecule has 0 aliphatic carbocycles. The molecule has 0 bridgehead atoms. The average molecular weight is 350 g/mol. The van der Waals surface area contributed by atoms with E-state index in [-0.39, 0.29) is 11.9 Å². The Bertz CT molecular complexity index is 784. The smallest absolute Gasteiger partial charge is 0.337 e. The van der Waals surface area contributed by atoms with E-state index in [0.29, 0.717) is 34.1 Å². The van der Waals surface area contributed by atoms with E-state index in [1.807, 2.05) is 0 Å². The minimum atomic E-state index is -0.390. The van der Waals surface area contributed by atoms with Gasteiger partial charge in [0.1, 0.15) is 0 Å². The highest BCUT2D eigenvalue weighted by Crippen LogP contribution is 2.31. The number of hydrogen-bond donors (Lipinski definition) is 0. The normalized spacial score (nSPS) is 12.9. The van der Waals surface area contributed by atoms with Crippen LogP contribution < -0.4 is 4.90 Å². The molecule has 1 aliphatic rings. The highest BCUT2D eigenvalue weighted by molar-refractivity contribution is 6.35. The van der Waals surface area contributed by atoms with E-state index < -0.39 is 0 Å². The van der Waals surface area contributed by atoms with Crippen LogP contribution in [0.2, 0.25) is 10.0 Å². The monoisotopic (exact) mass is 349 g/mol. The Morgan fingerprint density at radius 2 is 1.74 bits per heavy atom. The summed E-state index contributed by atoms with van der Waals surface area (Å²) in [6.07, 6.45) is 0.681. The molecule has 2 aromatic carbocycles. The van der Waals surface area contributed by atoms with Gasteiger partial charge in [-0.25, -0.2) is 4.79 Å². The number of rotatable bonds is 2. The Morgan fingerprint density at radius 3 is 2.39 bits per heavy atom. The summed E-state index contributed by atoms with van der Waals surface area (Å²) in [5.41, 5.74) is 2.65. The summed E-state index contributed by atoms with van der Waals surface area (Å²) >= 11 is 11.9. The molecular formula is C17H13Cl2NO3. The molecule has 1 aliphatic heterocycles. The summed E-state index contributed by atoms with van der Waals surface area (Å²) in [5, 5.41) is 0.836. The van der Waals surface area contributed by atoms with Gasteiger partial charge in [0.25, 0.3) is 5.91 Å². The molecule has 0 N–H and O–H groups in total. The van der Waals surface area contributed by atoms with Crippen molar-refractivity contribution in [3.63, 3.8) is 0 Å². The molecule has 23 heavy (non-hydrogen) atoms. The lowest BCUT2D eigenvalue weighted by molar-refractivity contribution is 0.0600. The van der Waals surface area contributed by atoms with Crippen LogP contribution in [0, 0.1) is 0 Å². The van der Waals surface area contributed by atoms with Crippen LogP contribution in [0.3, 0.4) is 0 Å². The summed E-state index contributed by atoms with van der Waals surface area (Å²) in [4.78, 5) is 26.0. The largest absolute Gasteiger partial charge is 0.465 e. The molecule has 0 radical (unpaired) electrons. The van der Waals surface area contributed by atoms with Crippen LogP contribution in [0.1, 0.15) is 26.3 Å². The SMILES string of the molecule is COC(=O)c1ccc2c(c1)CCN2C(=O)c1cc(Cl)cc(Cl)c1. The molecule has 1 amide bonds. The molecule has 0 spiro atoms. The van der Waals surface area contributed by atoms with Gasteiger partial charge in [0.2, 0.25) is 0 Å². The molecule has 0 atom stereocenters. The number of ether oxygens (including phenoxy) is 1. The fraction of sp³-hybridized carbons (Fsp3) is 0.176. The number of amides is 1. The van der Waals surface area contributed by atoms with Gasteiger partial charge < -0.3 is 9.64 Å². The molecule has 4 nitrogen and oxygen atoms in total. The topological polar surface area (TPSA) is 46.6 Å². The Kier molecular flexibility index (Phi) is 4.28. The number of halogens is 2. The third-order valence-corrected chi connectivity index (χ3v) is 4.19. The summed E-state index contributed by atoms with van der Waals surface area (Å²) in [5.74, 6) is -0.557. The van der Waals surface area contributed by atoms with Crippen LogP contribution in [0.25, 0.3) is 0 Å². The van der Waals surface area contributed by atoms with Crippen LogP contribution in [0.5, 0.6) is 0 Å². The number of hydrogen-bond acceptors (Lipinski definition) is 3. The Morgan fingerprint density at radius 1 is 1.04 bits per heavy atom. The molecule has 0 unspecified atom stereocenters. The first kappa shape index (κ1) is 15.8. The Labute approximate surface area is 143 Å². The van der Waals surface area contributed by atoms with Crippen LogP contribution in [0.4, 0.5) is 5.69 Å². The molecule has 0 saturated carbocycles. The summed E-state index contributed by atoms with van der Waals surface area (Å²) in [6, 6.07) is 9.95. The molecule has 6 heteroatoms. The molecule has 1 heterocycles. The van der Waals surface area contributed by atoms with Gasteiger partial charge in [0.05, 0.1) is 12.7 Å². The van der Waals surface area contributed by atoms with Crippen LogP contribution in [-0.4, -0.2) is 25.5 Å². The van der Waals surface area contributed by atoms with Crippen LogP contribution in [-0.2, 0) is 11.2 Å². The first-order valence-corrected chi connectivity index (χ1v) is 7.74. The number of methoxy groups -OCH3 is 1. The number of nitrogens with zero attached hydrogens (tertiary/aromatic N) is 1. The lowest BCUT2D eigenvalue weighted by atomic mass is 10.1. The lowest BCUT2D eigenvalue weighted by Gasteiger charge is -2.18. The quantitative estimate of drug-likeness (QED) is 0.770. The van der Waals surface area contributed by atoms with E-state index in [4.69, 9.17) is 27.9 Å². The molecule has 0 fully saturated rings. The van der Waals surface area contributed by atoms with Gasteiger partial charge in [-0.05, 0) is 48.4 Å². The summed E-state index contributed by atoms with van der Waals surface area (Å²) in [6.45, 7) is 0.545. The van der Waals surface area contributed by atoms with Crippen molar-refractivity contribution in [2.45, 2.75) is 6.42 Å². The predicted molar refractivity (Wildman–Crippen MR) is 89.6 cm³/mol. The van der Waals surface area contributed by atoms with Gasteiger partial charge in [-0.1, -0.05) is 23.2 Å². The summed E-state index contributed by atoms with van der Waals surface area (Å²) in [7, 11) is 1.34. The van der Waals surface area contributed by atoms with Crippen molar-refractivity contribution < 1.29 is 14.3 Å². The van der Waals surface area contributed by atoms with Gasteiger partial charge in [0.15, 0.2) is 0 Å². The molecule has 0 aromatic heterocycles. The van der Waals surface area contributed by atoms with Gasteiger partial charge in [-0.15, -0.1) is 0 Å². The van der Waals surface area contributed by atoms with Crippen molar-refractivity contribution in [2.75, 3.05) is 18.6 Å². The van der Waals surface area contributed by atoms with E-state index in [9.17, 15) is 9.59 Å². The van der Waals surface area contributed by atoms with Crippen LogP contribution in [0.15, 0.2) is 36.4 Å². The number of benzene rings is 2. The van der Waals surface area contributed by atoms with Crippen molar-refractivity contribution in [1.82, 2.24) is 0 Å². The zero-order valence-electron chi connectivity index (χ0n) is 12.3. The highest BCUT2D eigenvalue weighted by Gasteiger charge is 2.26. The number of fused-ring (bicyclic) bond motifs is 1. The number of carbonyl (C=O) groups is 2. The molecule has 3 rings (SSSR count). The van der Waals surface area contributed by atoms with Crippen molar-refractivity contribution in [3.8, 4) is 0 Å². The van der Waals surface area contributed by atoms with Crippen molar-refractivity contribution in [3.05, 3.63) is 63.1 Å². The minimum absolute atomic E-state index is 0.168. The standard InChI is InChI=1S/C17H13Cl2NO3/c1-23-17(22)11-2-3-15-10(6-11)4-5-20(15)16(21)12-7-13(18)9-14(19)8-12/h2-3,6-9H,4-5H2,1H3. The van der Waals surface area contributed by atoms with E-state index in [1.165, 1.54) is 7.11 Å². The molecule has 0 saturated heterocycles. The Balaban J connectivity index is 1.93. The first-order valence-electron chi connectivity index (χ1n) is 6.99. The zero-order chi connectivity index (χ0) is 16.6. The third kappa shape index (κ3) is 3.05. The van der Waals surface area contributed by atoms with Crippen molar-refractivity contribution >= 4 is 40.8 Å². The predicted octanol–water partition coefficient (Wildman–Crippen LogP) is 3.98. The molecule has 2 aromatic rings. The number of esters is 1. The molecule has 118 valence electrons. The summed E-state index contributed by atoms with van der Waals surface area (Å²) < 4.78 is 4.72. The van der Waals surface area contributed by atoms with E-state index >= 15 is 0 Å². The van der Waals surface area contributed by atoms with Gasteiger partial charge >= 0.3 is 5.97 Å². The minimum Gasteiger partial charge on any atom is -0.465 e. The van der Waals surface area contributed by atoms with E-state index in [0.717, 1.165) is 11.3 Å². The third-order valence-electron chi connectivity index (χ3n) is 3.75. The van der Waals surface area contributed by atoms with E-state index in [1.54, 1.807) is 41.3 Å². The second kappa shape index (κ2) is 6.22. The van der Waals surface area contributed by atoms with Crippen molar-refractivity contribution in [1.29, 1.82) is 0 Å². The fourth-order valence-corrected chi connectivity index (χ4v) is 3.22. The van der Waals surface area contributed by atoms with Crippen LogP contribution >= 0.6 is 23.2 Å². The maximum absolute atomic E-state index is 12.7. The maximum atomic E-state index is 12.7. The van der Waals surface area contributed by atoms with Gasteiger partial charge in [-0.3, -0.25) is 4.79 Å². The second-order valence-corrected chi connectivity index (χ2v) is 6.07. The average Bonchev–Trinajstić information content (AvgIpc) is 2.95. The fourth-order valence-electron chi connectivity index (χ4n) is 2.69. The highest BCUT2D eigenvalue weighted by atomic mass is 35.5. The number of anilines is 1. The first-order chi connectivity index (χ1) is 11.0. The van der Waals surface area contributed by atoms with Gasteiger partial charge in [-0.2, -0.15) is 0 Å². The van der Waals surface area contributed by atoms with Crippen molar-refractivity contribution in [2.24, 2.45) is 0 Å². The maximum Gasteiger partial charge on any atom is 0.337 e. The van der Waals surface area contributed by atoms with Gasteiger partial charge in [0, 0.05) is 27.8 Å².